The van der Waals surface area contributed by atoms with Crippen LogP contribution in [0.25, 0.3) is 0 Å². The molecule has 2 atom stereocenters. The Kier molecular flexibility index (Phi) is 5.06. The van der Waals surface area contributed by atoms with Crippen LogP contribution in [0.15, 0.2) is 47.8 Å². The number of aromatic nitrogens is 2. The van der Waals surface area contributed by atoms with E-state index in [9.17, 15) is 8.42 Å². The van der Waals surface area contributed by atoms with Crippen LogP contribution in [0.5, 0.6) is 0 Å². The number of hydrogen-bond acceptors (Lipinski definition) is 6. The maximum absolute atomic E-state index is 11.7. The van der Waals surface area contributed by atoms with Crippen LogP contribution in [0, 0.1) is 0 Å². The van der Waals surface area contributed by atoms with Crippen molar-refractivity contribution in [2.45, 2.75) is 37.6 Å². The van der Waals surface area contributed by atoms with Gasteiger partial charge >= 0.3 is 0 Å². The summed E-state index contributed by atoms with van der Waals surface area (Å²) in [5.41, 5.74) is 1.30. The van der Waals surface area contributed by atoms with Crippen molar-refractivity contribution < 1.29 is 8.42 Å². The zero-order valence-corrected chi connectivity index (χ0v) is 15.6. The molecule has 0 saturated carbocycles. The monoisotopic (exact) mass is 360 g/mol. The van der Waals surface area contributed by atoms with Gasteiger partial charge in [-0.15, -0.1) is 0 Å². The predicted molar refractivity (Wildman–Crippen MR) is 98.3 cm³/mol. The van der Waals surface area contributed by atoms with Gasteiger partial charge in [0, 0.05) is 44.2 Å². The van der Waals surface area contributed by atoms with Gasteiger partial charge in [0.05, 0.1) is 0 Å². The van der Waals surface area contributed by atoms with E-state index in [1.54, 1.807) is 6.07 Å². The summed E-state index contributed by atoms with van der Waals surface area (Å²) in [4.78, 5) is 12.8. The van der Waals surface area contributed by atoms with Crippen LogP contribution in [0.1, 0.15) is 19.4 Å². The number of rotatable bonds is 4. The van der Waals surface area contributed by atoms with E-state index in [0.29, 0.717) is 5.82 Å². The molecule has 0 radical (unpaired) electrons. The number of anilines is 1. The van der Waals surface area contributed by atoms with Crippen LogP contribution in [0.4, 0.5) is 5.82 Å². The summed E-state index contributed by atoms with van der Waals surface area (Å²) >= 11 is 0. The Morgan fingerprint density at radius 1 is 1.08 bits per heavy atom. The van der Waals surface area contributed by atoms with Crippen molar-refractivity contribution in [2.75, 3.05) is 24.2 Å². The first kappa shape index (κ1) is 17.8. The SMILES string of the molecule is C[C@@H]1CN(Cc2ccccc2)C[C@H](C)N1c1ccnc(S(C)(=O)=O)n1. The number of sulfone groups is 1. The summed E-state index contributed by atoms with van der Waals surface area (Å²) in [6.45, 7) is 7.02. The topological polar surface area (TPSA) is 66.4 Å². The highest BCUT2D eigenvalue weighted by atomic mass is 32.2. The van der Waals surface area contributed by atoms with Crippen LogP contribution >= 0.6 is 0 Å². The lowest BCUT2D eigenvalue weighted by Gasteiger charge is -2.45. The molecule has 0 unspecified atom stereocenters. The van der Waals surface area contributed by atoms with Crippen molar-refractivity contribution in [3.8, 4) is 0 Å². The summed E-state index contributed by atoms with van der Waals surface area (Å²) in [5.74, 6) is 0.676. The van der Waals surface area contributed by atoms with Crippen LogP contribution in [0.3, 0.4) is 0 Å². The molecule has 0 bridgehead atoms. The summed E-state index contributed by atoms with van der Waals surface area (Å²) in [7, 11) is -3.41. The zero-order valence-electron chi connectivity index (χ0n) is 14.8. The first-order valence-corrected chi connectivity index (χ1v) is 10.3. The van der Waals surface area contributed by atoms with Crippen molar-refractivity contribution in [1.29, 1.82) is 0 Å². The number of benzene rings is 1. The molecule has 0 N–H and O–H groups in total. The molecule has 1 fully saturated rings. The molecule has 2 aromatic rings. The third kappa shape index (κ3) is 4.16. The van der Waals surface area contributed by atoms with Crippen molar-refractivity contribution in [3.63, 3.8) is 0 Å². The molecule has 3 rings (SSSR count). The Morgan fingerprint density at radius 2 is 1.72 bits per heavy atom. The maximum Gasteiger partial charge on any atom is 0.248 e. The Hall–Kier alpha value is -1.99. The fourth-order valence-corrected chi connectivity index (χ4v) is 4.02. The molecular formula is C18H24N4O2S. The highest BCUT2D eigenvalue weighted by Gasteiger charge is 2.31. The summed E-state index contributed by atoms with van der Waals surface area (Å²) < 4.78 is 23.5. The fraction of sp³-hybridized carbons (Fsp3) is 0.444. The van der Waals surface area contributed by atoms with Gasteiger partial charge in [-0.25, -0.2) is 18.4 Å². The molecule has 7 heteroatoms. The average molecular weight is 360 g/mol. The summed E-state index contributed by atoms with van der Waals surface area (Å²) in [6, 6.07) is 12.7. The normalized spacial score (nSPS) is 22.1. The molecule has 0 aliphatic carbocycles. The minimum Gasteiger partial charge on any atom is -0.348 e. The van der Waals surface area contributed by atoms with Gasteiger partial charge in [-0.05, 0) is 25.5 Å². The molecule has 1 aromatic heterocycles. The van der Waals surface area contributed by atoms with Crippen molar-refractivity contribution >= 4 is 15.7 Å². The van der Waals surface area contributed by atoms with Crippen molar-refractivity contribution in [1.82, 2.24) is 14.9 Å². The van der Waals surface area contributed by atoms with Gasteiger partial charge in [0.2, 0.25) is 15.0 Å². The molecular weight excluding hydrogens is 336 g/mol. The van der Waals surface area contributed by atoms with E-state index in [1.165, 1.54) is 11.8 Å². The number of piperazine rings is 1. The first-order chi connectivity index (χ1) is 11.8. The zero-order chi connectivity index (χ0) is 18.0. The van der Waals surface area contributed by atoms with E-state index < -0.39 is 9.84 Å². The summed E-state index contributed by atoms with van der Waals surface area (Å²) in [6.07, 6.45) is 2.66. The van der Waals surface area contributed by atoms with Crippen LogP contribution in [-0.2, 0) is 16.4 Å². The largest absolute Gasteiger partial charge is 0.348 e. The first-order valence-electron chi connectivity index (χ1n) is 8.42. The van der Waals surface area contributed by atoms with Crippen molar-refractivity contribution in [3.05, 3.63) is 48.2 Å². The smallest absolute Gasteiger partial charge is 0.248 e. The minimum atomic E-state index is -3.41. The molecule has 1 aromatic carbocycles. The lowest BCUT2D eigenvalue weighted by molar-refractivity contribution is 0.191. The lowest BCUT2D eigenvalue weighted by atomic mass is 10.1. The van der Waals surface area contributed by atoms with Gasteiger partial charge in [0.25, 0.3) is 0 Å². The molecule has 1 aliphatic rings. The van der Waals surface area contributed by atoms with Crippen LogP contribution in [-0.4, -0.2) is 54.7 Å². The second-order valence-corrected chi connectivity index (χ2v) is 8.66. The van der Waals surface area contributed by atoms with E-state index >= 15 is 0 Å². The third-order valence-corrected chi connectivity index (χ3v) is 5.32. The van der Waals surface area contributed by atoms with E-state index in [0.717, 1.165) is 25.9 Å². The minimum absolute atomic E-state index is 0.115. The van der Waals surface area contributed by atoms with Gasteiger partial charge in [-0.1, -0.05) is 30.3 Å². The Morgan fingerprint density at radius 3 is 2.32 bits per heavy atom. The van der Waals surface area contributed by atoms with Gasteiger partial charge < -0.3 is 4.90 Å². The van der Waals surface area contributed by atoms with E-state index in [4.69, 9.17) is 0 Å². The number of hydrogen-bond donors (Lipinski definition) is 0. The predicted octanol–water partition coefficient (Wildman–Crippen LogP) is 1.98. The molecule has 0 spiro atoms. The molecule has 1 aliphatic heterocycles. The average Bonchev–Trinajstić information content (AvgIpc) is 2.55. The second kappa shape index (κ2) is 7.09. The molecule has 25 heavy (non-hydrogen) atoms. The maximum atomic E-state index is 11.7. The van der Waals surface area contributed by atoms with Crippen LogP contribution in [0.2, 0.25) is 0 Å². The molecule has 0 amide bonds. The molecule has 134 valence electrons. The van der Waals surface area contributed by atoms with E-state index in [1.807, 2.05) is 6.07 Å². The molecule has 6 nitrogen and oxygen atoms in total. The van der Waals surface area contributed by atoms with Crippen LogP contribution < -0.4 is 4.90 Å². The molecule has 1 saturated heterocycles. The quantitative estimate of drug-likeness (QED) is 0.777. The lowest BCUT2D eigenvalue weighted by Crippen LogP contribution is -2.56. The Labute approximate surface area is 149 Å². The third-order valence-electron chi connectivity index (χ3n) is 4.46. The standard InChI is InChI=1S/C18H24N4O2S/c1-14-11-21(13-16-7-5-4-6-8-16)12-15(2)22(14)17-9-10-19-18(20-17)25(3,23)24/h4-10,14-15H,11-13H2,1-3H3/t14-,15+. The van der Waals surface area contributed by atoms with Crippen molar-refractivity contribution in [2.24, 2.45) is 0 Å². The van der Waals surface area contributed by atoms with E-state index in [2.05, 4.69) is 57.9 Å². The van der Waals surface area contributed by atoms with Gasteiger partial charge in [-0.3, -0.25) is 4.90 Å². The van der Waals surface area contributed by atoms with Gasteiger partial charge in [0.1, 0.15) is 5.82 Å². The van der Waals surface area contributed by atoms with E-state index in [-0.39, 0.29) is 17.2 Å². The number of nitrogens with zero attached hydrogens (tertiary/aromatic N) is 4. The Bertz CT molecular complexity index is 814. The molecule has 2 heterocycles. The second-order valence-electron chi connectivity index (χ2n) is 6.75. The van der Waals surface area contributed by atoms with Gasteiger partial charge in [0.15, 0.2) is 0 Å². The van der Waals surface area contributed by atoms with Gasteiger partial charge in [-0.2, -0.15) is 0 Å². The highest BCUT2D eigenvalue weighted by Crippen LogP contribution is 2.24. The highest BCUT2D eigenvalue weighted by molar-refractivity contribution is 7.90. The summed E-state index contributed by atoms with van der Waals surface area (Å²) in [5, 5.41) is -0.115. The fourth-order valence-electron chi connectivity index (χ4n) is 3.51. The Balaban J connectivity index is 1.77.